The third-order valence-corrected chi connectivity index (χ3v) is 1.96. The molecule has 1 aromatic rings. The highest BCUT2D eigenvalue weighted by atomic mass is 16.5. The molecule has 0 unspecified atom stereocenters. The number of ether oxygens (including phenoxy) is 1. The zero-order chi connectivity index (χ0) is 9.42. The Morgan fingerprint density at radius 2 is 2.46 bits per heavy atom. The number of carbonyl (C=O) groups is 1. The third-order valence-electron chi connectivity index (χ3n) is 1.96. The first kappa shape index (κ1) is 8.06. The fourth-order valence-electron chi connectivity index (χ4n) is 1.14. The van der Waals surface area contributed by atoms with Gasteiger partial charge in [0.15, 0.2) is 5.69 Å². The average Bonchev–Trinajstić information content (AvgIpc) is 2.27. The monoisotopic (exact) mass is 183 g/mol. The first-order valence-corrected chi connectivity index (χ1v) is 3.84. The topological polar surface area (TPSA) is 90.4 Å². The Kier molecular flexibility index (Phi) is 1.70. The molecule has 2 rings (SSSR count). The van der Waals surface area contributed by atoms with E-state index in [0.29, 0.717) is 13.2 Å². The predicted molar refractivity (Wildman–Crippen MR) is 43.5 cm³/mol. The molecule has 0 aliphatic carbocycles. The van der Waals surface area contributed by atoms with Gasteiger partial charge in [0.05, 0.1) is 24.9 Å². The minimum absolute atomic E-state index is 0.0908. The normalized spacial score (nSPS) is 16.9. The lowest BCUT2D eigenvalue weighted by molar-refractivity contribution is -0.0288. The van der Waals surface area contributed by atoms with Gasteiger partial charge < -0.3 is 15.6 Å². The van der Waals surface area contributed by atoms with Crippen molar-refractivity contribution in [3.63, 3.8) is 0 Å². The van der Waals surface area contributed by atoms with E-state index in [1.54, 1.807) is 4.68 Å². The van der Waals surface area contributed by atoms with Crippen LogP contribution in [0.3, 0.4) is 0 Å². The Hall–Kier alpha value is -1.56. The molecule has 1 fully saturated rings. The van der Waals surface area contributed by atoms with Gasteiger partial charge in [0.1, 0.15) is 0 Å². The molecule has 0 amide bonds. The molecule has 0 radical (unpaired) electrons. The standard InChI is InChI=1S/C7H9N3O3/c8-5-1-10(4-2-13-3-4)9-6(5)7(11)12/h1,4H,2-3,8H2,(H,11,12). The molecule has 6 nitrogen and oxygen atoms in total. The van der Waals surface area contributed by atoms with E-state index in [1.165, 1.54) is 6.20 Å². The fourth-order valence-corrected chi connectivity index (χ4v) is 1.14. The summed E-state index contributed by atoms with van der Waals surface area (Å²) in [4.78, 5) is 10.6. The van der Waals surface area contributed by atoms with Gasteiger partial charge in [-0.3, -0.25) is 4.68 Å². The minimum atomic E-state index is -1.10. The Morgan fingerprint density at radius 1 is 1.77 bits per heavy atom. The number of aromatic nitrogens is 2. The second-order valence-corrected chi connectivity index (χ2v) is 2.91. The van der Waals surface area contributed by atoms with Gasteiger partial charge in [-0.2, -0.15) is 5.10 Å². The van der Waals surface area contributed by atoms with Crippen LogP contribution < -0.4 is 5.73 Å². The number of hydrogen-bond donors (Lipinski definition) is 2. The van der Waals surface area contributed by atoms with Crippen LogP contribution in [0.1, 0.15) is 16.5 Å². The second kappa shape index (κ2) is 2.74. The van der Waals surface area contributed by atoms with Gasteiger partial charge in [-0.25, -0.2) is 4.79 Å². The molecule has 1 aliphatic heterocycles. The second-order valence-electron chi connectivity index (χ2n) is 2.91. The maximum atomic E-state index is 10.6. The van der Waals surface area contributed by atoms with Gasteiger partial charge >= 0.3 is 5.97 Å². The van der Waals surface area contributed by atoms with E-state index in [1.807, 2.05) is 0 Å². The van der Waals surface area contributed by atoms with Gasteiger partial charge in [-0.05, 0) is 0 Å². The highest BCUT2D eigenvalue weighted by molar-refractivity contribution is 5.91. The number of nitrogens with zero attached hydrogens (tertiary/aromatic N) is 2. The minimum Gasteiger partial charge on any atom is -0.476 e. The fraction of sp³-hybridized carbons (Fsp3) is 0.429. The molecule has 1 aliphatic rings. The number of carboxylic acid groups (broad SMARTS) is 1. The summed E-state index contributed by atoms with van der Waals surface area (Å²) in [6, 6.07) is 0.135. The van der Waals surface area contributed by atoms with Crippen molar-refractivity contribution in [3.05, 3.63) is 11.9 Å². The molecule has 1 saturated heterocycles. The Morgan fingerprint density at radius 3 is 2.85 bits per heavy atom. The van der Waals surface area contributed by atoms with Crippen LogP contribution in [0.2, 0.25) is 0 Å². The van der Waals surface area contributed by atoms with Crippen LogP contribution in [0.15, 0.2) is 6.20 Å². The molecule has 0 spiro atoms. The van der Waals surface area contributed by atoms with Crippen LogP contribution in [0.25, 0.3) is 0 Å². The summed E-state index contributed by atoms with van der Waals surface area (Å²) in [5, 5.41) is 12.5. The molecule has 3 N–H and O–H groups in total. The van der Waals surface area contributed by atoms with E-state index in [2.05, 4.69) is 5.10 Å². The molecular formula is C7H9N3O3. The van der Waals surface area contributed by atoms with Gasteiger partial charge in [0, 0.05) is 6.20 Å². The molecule has 13 heavy (non-hydrogen) atoms. The number of aromatic carboxylic acids is 1. The zero-order valence-electron chi connectivity index (χ0n) is 6.80. The summed E-state index contributed by atoms with van der Waals surface area (Å²) < 4.78 is 6.49. The average molecular weight is 183 g/mol. The number of carboxylic acids is 1. The first-order chi connectivity index (χ1) is 6.18. The van der Waals surface area contributed by atoms with Crippen LogP contribution in [0, 0.1) is 0 Å². The van der Waals surface area contributed by atoms with Crippen molar-refractivity contribution in [3.8, 4) is 0 Å². The van der Waals surface area contributed by atoms with Crippen LogP contribution in [-0.2, 0) is 4.74 Å². The third kappa shape index (κ3) is 1.25. The lowest BCUT2D eigenvalue weighted by Crippen LogP contribution is -2.31. The van der Waals surface area contributed by atoms with E-state index in [0.717, 1.165) is 0 Å². The summed E-state index contributed by atoms with van der Waals surface area (Å²) in [7, 11) is 0. The summed E-state index contributed by atoms with van der Waals surface area (Å²) in [5.74, 6) is -1.10. The number of nitrogens with two attached hydrogens (primary N) is 1. The highest BCUT2D eigenvalue weighted by Gasteiger charge is 2.23. The Bertz CT molecular complexity index is 343. The molecule has 6 heteroatoms. The number of hydrogen-bond acceptors (Lipinski definition) is 4. The van der Waals surface area contributed by atoms with Crippen LogP contribution in [-0.4, -0.2) is 34.1 Å². The molecular weight excluding hydrogens is 174 g/mol. The zero-order valence-corrected chi connectivity index (χ0v) is 6.80. The maximum absolute atomic E-state index is 10.6. The smallest absolute Gasteiger partial charge is 0.358 e. The number of nitrogen functional groups attached to an aromatic ring is 1. The molecule has 0 aromatic carbocycles. The summed E-state index contributed by atoms with van der Waals surface area (Å²) in [5.41, 5.74) is 5.56. The largest absolute Gasteiger partial charge is 0.476 e. The van der Waals surface area contributed by atoms with Crippen molar-refractivity contribution in [2.24, 2.45) is 0 Å². The van der Waals surface area contributed by atoms with Crippen molar-refractivity contribution in [2.75, 3.05) is 18.9 Å². The van der Waals surface area contributed by atoms with Crippen molar-refractivity contribution in [1.82, 2.24) is 9.78 Å². The summed E-state index contributed by atoms with van der Waals surface area (Å²) in [6.45, 7) is 1.14. The molecule has 0 bridgehead atoms. The predicted octanol–water partition coefficient (Wildman–Crippen LogP) is -0.265. The summed E-state index contributed by atoms with van der Waals surface area (Å²) >= 11 is 0. The van der Waals surface area contributed by atoms with E-state index >= 15 is 0 Å². The SMILES string of the molecule is Nc1cn(C2COC2)nc1C(=O)O. The van der Waals surface area contributed by atoms with Gasteiger partial charge in [-0.1, -0.05) is 0 Å². The van der Waals surface area contributed by atoms with Gasteiger partial charge in [0.25, 0.3) is 0 Å². The van der Waals surface area contributed by atoms with Crippen LogP contribution in [0.5, 0.6) is 0 Å². The summed E-state index contributed by atoms with van der Waals surface area (Å²) in [6.07, 6.45) is 1.52. The number of anilines is 1. The lowest BCUT2D eigenvalue weighted by atomic mass is 10.3. The van der Waals surface area contributed by atoms with Gasteiger partial charge in [-0.15, -0.1) is 0 Å². The van der Waals surface area contributed by atoms with Crippen LogP contribution in [0.4, 0.5) is 5.69 Å². The van der Waals surface area contributed by atoms with E-state index < -0.39 is 5.97 Å². The Balaban J connectivity index is 2.28. The Labute approximate surface area is 73.9 Å². The number of rotatable bonds is 2. The lowest BCUT2D eigenvalue weighted by Gasteiger charge is -2.25. The molecule has 1 aromatic heterocycles. The van der Waals surface area contributed by atoms with Crippen molar-refractivity contribution in [1.29, 1.82) is 0 Å². The van der Waals surface area contributed by atoms with E-state index in [4.69, 9.17) is 15.6 Å². The quantitative estimate of drug-likeness (QED) is 0.658. The molecule has 0 atom stereocenters. The molecule has 0 saturated carbocycles. The van der Waals surface area contributed by atoms with Crippen molar-refractivity contribution in [2.45, 2.75) is 6.04 Å². The van der Waals surface area contributed by atoms with Crippen LogP contribution >= 0.6 is 0 Å². The van der Waals surface area contributed by atoms with Gasteiger partial charge in [0.2, 0.25) is 0 Å². The van der Waals surface area contributed by atoms with E-state index in [-0.39, 0.29) is 17.4 Å². The van der Waals surface area contributed by atoms with Crippen molar-refractivity contribution >= 4 is 11.7 Å². The first-order valence-electron chi connectivity index (χ1n) is 3.84. The molecule has 70 valence electrons. The van der Waals surface area contributed by atoms with Crippen molar-refractivity contribution < 1.29 is 14.6 Å². The molecule has 2 heterocycles. The van der Waals surface area contributed by atoms with E-state index in [9.17, 15) is 4.79 Å². The maximum Gasteiger partial charge on any atom is 0.358 e. The highest BCUT2D eigenvalue weighted by Crippen LogP contribution is 2.19.